The van der Waals surface area contributed by atoms with Gasteiger partial charge in [0.2, 0.25) is 0 Å². The van der Waals surface area contributed by atoms with Gasteiger partial charge in [-0.25, -0.2) is 0 Å². The van der Waals surface area contributed by atoms with Crippen molar-refractivity contribution in [2.24, 2.45) is 0 Å². The van der Waals surface area contributed by atoms with E-state index in [-0.39, 0.29) is 5.41 Å². The van der Waals surface area contributed by atoms with E-state index < -0.39 is 0 Å². The number of hydrogen-bond donors (Lipinski definition) is 0. The van der Waals surface area contributed by atoms with E-state index in [1.807, 2.05) is 41.5 Å². The fraction of sp³-hybridized carbons (Fsp3) is 0.524. The average molecular weight is 569 g/mol. The lowest BCUT2D eigenvalue weighted by atomic mass is 9.80. The Hall–Kier alpha value is -2.60. The molecule has 5 aromatic carbocycles. The van der Waals surface area contributed by atoms with Crippen molar-refractivity contribution in [3.63, 3.8) is 0 Å². The van der Waals surface area contributed by atoms with Gasteiger partial charge in [-0.1, -0.05) is 167 Å². The van der Waals surface area contributed by atoms with Crippen LogP contribution in [0.15, 0.2) is 48.5 Å². The van der Waals surface area contributed by atoms with Crippen molar-refractivity contribution in [1.29, 1.82) is 0 Å². The minimum atomic E-state index is 0.106. The summed E-state index contributed by atoms with van der Waals surface area (Å²) in [6.45, 7) is 37.1. The van der Waals surface area contributed by atoms with Gasteiger partial charge in [-0.2, -0.15) is 0 Å². The zero-order valence-corrected chi connectivity index (χ0v) is 30.6. The van der Waals surface area contributed by atoms with Gasteiger partial charge in [0, 0.05) is 0 Å². The monoisotopic (exact) mass is 569 g/mol. The highest BCUT2D eigenvalue weighted by molar-refractivity contribution is 6.33. The molecule has 0 saturated carbocycles. The van der Waals surface area contributed by atoms with E-state index in [4.69, 9.17) is 0 Å². The van der Waals surface area contributed by atoms with E-state index in [0.29, 0.717) is 17.8 Å². The molecule has 0 fully saturated rings. The first-order chi connectivity index (χ1) is 19.9. The second-order valence-corrected chi connectivity index (χ2v) is 12.8. The molecule has 0 saturated heterocycles. The zero-order valence-electron chi connectivity index (χ0n) is 30.6. The Morgan fingerprint density at radius 1 is 0.452 bits per heavy atom. The Bertz CT molecular complexity index is 1510. The van der Waals surface area contributed by atoms with Crippen molar-refractivity contribution in [2.75, 3.05) is 0 Å². The molecule has 0 nitrogen and oxygen atoms in total. The predicted molar refractivity (Wildman–Crippen MR) is 199 cm³/mol. The molecule has 0 aliphatic heterocycles. The molecule has 0 heteroatoms. The van der Waals surface area contributed by atoms with Crippen molar-refractivity contribution in [3.05, 3.63) is 70.8 Å². The topological polar surface area (TPSA) is 0 Å². The molecule has 0 unspecified atom stereocenters. The minimum absolute atomic E-state index is 0.106. The maximum atomic E-state index is 2.49. The summed E-state index contributed by atoms with van der Waals surface area (Å²) in [5.74, 6) is 1.51. The molecular formula is C42H64. The number of fused-ring (bicyclic) bond motifs is 2. The SMILES string of the molecule is CC.CC.CC.CC(C)c1cc2cc(C(C)C)cc3c4cc(C(C)(C)C)cc5cc(C(C)C)cc(c(c1)c23)c54.CCC. The normalized spacial score (nSPS) is 11.2. The first-order valence-electron chi connectivity index (χ1n) is 17.1. The van der Waals surface area contributed by atoms with E-state index in [9.17, 15) is 0 Å². The van der Waals surface area contributed by atoms with Crippen LogP contribution in [0.1, 0.15) is 164 Å². The summed E-state index contributed by atoms with van der Waals surface area (Å²) in [4.78, 5) is 0. The van der Waals surface area contributed by atoms with Gasteiger partial charge in [-0.05, 0) is 94.6 Å². The molecule has 0 N–H and O–H groups in total. The lowest BCUT2D eigenvalue weighted by molar-refractivity contribution is 0.592. The van der Waals surface area contributed by atoms with Crippen LogP contribution in [0.4, 0.5) is 0 Å². The van der Waals surface area contributed by atoms with Crippen molar-refractivity contribution < 1.29 is 0 Å². The van der Waals surface area contributed by atoms with Crippen LogP contribution in [0.25, 0.3) is 43.1 Å². The van der Waals surface area contributed by atoms with Gasteiger partial charge in [0.25, 0.3) is 0 Å². The molecule has 0 aliphatic rings. The van der Waals surface area contributed by atoms with Gasteiger partial charge in [-0.15, -0.1) is 0 Å². The summed E-state index contributed by atoms with van der Waals surface area (Å²) in [7, 11) is 0. The molecule has 42 heavy (non-hydrogen) atoms. The van der Waals surface area contributed by atoms with E-state index in [1.165, 1.54) is 71.8 Å². The van der Waals surface area contributed by atoms with Crippen molar-refractivity contribution >= 4 is 43.1 Å². The third kappa shape index (κ3) is 7.86. The standard InChI is InChI=1S/C33H38.C3H8.3C2H6/c1-18(2)21-10-24-11-22(19(3)4)16-29-30-17-26(33(7,8)9)13-25-12-23(20(5)6)15-28(32(25)30)27(14-21)31(24)29;1-3-2;3*1-2/h10-20H,1-9H3;3H2,1-2H3;3*1-2H3. The lowest BCUT2D eigenvalue weighted by Crippen LogP contribution is -2.11. The highest BCUT2D eigenvalue weighted by Gasteiger charge is 2.21. The summed E-state index contributed by atoms with van der Waals surface area (Å²) >= 11 is 0. The van der Waals surface area contributed by atoms with E-state index in [1.54, 1.807) is 0 Å². The molecular weight excluding hydrogens is 504 g/mol. The largest absolute Gasteiger partial charge is 0.0683 e. The van der Waals surface area contributed by atoms with Gasteiger partial charge < -0.3 is 0 Å². The average Bonchev–Trinajstić information content (AvgIpc) is 2.97. The van der Waals surface area contributed by atoms with Gasteiger partial charge in [-0.3, -0.25) is 0 Å². The van der Waals surface area contributed by atoms with Gasteiger partial charge in [0.05, 0.1) is 0 Å². The third-order valence-electron chi connectivity index (χ3n) is 7.61. The van der Waals surface area contributed by atoms with Crippen LogP contribution in [0.5, 0.6) is 0 Å². The van der Waals surface area contributed by atoms with Crippen molar-refractivity contribution in [2.45, 2.75) is 147 Å². The highest BCUT2D eigenvalue weighted by atomic mass is 14.2. The first-order valence-corrected chi connectivity index (χ1v) is 17.1. The molecule has 5 rings (SSSR count). The van der Waals surface area contributed by atoms with Crippen LogP contribution in [0.3, 0.4) is 0 Å². The number of rotatable bonds is 3. The van der Waals surface area contributed by atoms with Crippen LogP contribution in [-0.4, -0.2) is 0 Å². The van der Waals surface area contributed by atoms with Crippen LogP contribution in [-0.2, 0) is 5.41 Å². The summed E-state index contributed by atoms with van der Waals surface area (Å²) in [5, 5.41) is 11.3. The van der Waals surface area contributed by atoms with Crippen molar-refractivity contribution in [1.82, 2.24) is 0 Å². The fourth-order valence-corrected chi connectivity index (χ4v) is 5.38. The first kappa shape index (κ1) is 37.4. The van der Waals surface area contributed by atoms with E-state index in [0.717, 1.165) is 0 Å². The third-order valence-corrected chi connectivity index (χ3v) is 7.61. The Labute approximate surface area is 260 Å². The van der Waals surface area contributed by atoms with Crippen LogP contribution in [0, 0.1) is 0 Å². The quantitative estimate of drug-likeness (QED) is 0.150. The second-order valence-electron chi connectivity index (χ2n) is 12.8. The maximum absolute atomic E-state index is 2.49. The Morgan fingerprint density at radius 3 is 0.976 bits per heavy atom. The molecule has 0 bridgehead atoms. The van der Waals surface area contributed by atoms with Crippen molar-refractivity contribution in [3.8, 4) is 0 Å². The molecule has 0 atom stereocenters. The smallest absolute Gasteiger partial charge is 0.00260 e. The summed E-state index contributed by atoms with van der Waals surface area (Å²) in [6, 6.07) is 19.7. The number of benzene rings is 5. The summed E-state index contributed by atoms with van der Waals surface area (Å²) < 4.78 is 0. The predicted octanol–water partition coefficient (Wildman–Crippen LogP) is 14.9. The minimum Gasteiger partial charge on any atom is -0.0683 e. The van der Waals surface area contributed by atoms with Crippen LogP contribution < -0.4 is 0 Å². The Balaban J connectivity index is 0.000000890. The number of hydrogen-bond acceptors (Lipinski definition) is 0. The van der Waals surface area contributed by atoms with Gasteiger partial charge >= 0.3 is 0 Å². The van der Waals surface area contributed by atoms with E-state index in [2.05, 4.69) is 125 Å². The van der Waals surface area contributed by atoms with Gasteiger partial charge in [0.15, 0.2) is 0 Å². The molecule has 0 heterocycles. The fourth-order valence-electron chi connectivity index (χ4n) is 5.38. The molecule has 232 valence electrons. The zero-order chi connectivity index (χ0) is 32.5. The molecule has 0 aliphatic carbocycles. The molecule has 0 amide bonds. The van der Waals surface area contributed by atoms with Gasteiger partial charge in [0.1, 0.15) is 0 Å². The summed E-state index contributed by atoms with van der Waals surface area (Å²) in [6.07, 6.45) is 1.25. The van der Waals surface area contributed by atoms with Crippen LogP contribution >= 0.6 is 0 Å². The highest BCUT2D eigenvalue weighted by Crippen LogP contribution is 2.45. The summed E-state index contributed by atoms with van der Waals surface area (Å²) in [5.41, 5.74) is 5.82. The Morgan fingerprint density at radius 2 is 0.714 bits per heavy atom. The second kappa shape index (κ2) is 16.3. The molecule has 5 aromatic rings. The lowest BCUT2D eigenvalue weighted by Gasteiger charge is -2.24. The molecule has 0 radical (unpaired) electrons. The molecule has 0 spiro atoms. The van der Waals surface area contributed by atoms with Crippen LogP contribution in [0.2, 0.25) is 0 Å². The Kier molecular flexibility index (Phi) is 14.5. The van der Waals surface area contributed by atoms with E-state index >= 15 is 0 Å². The molecule has 0 aromatic heterocycles. The maximum Gasteiger partial charge on any atom is -0.00260 e.